The van der Waals surface area contributed by atoms with Gasteiger partial charge in [0, 0.05) is 6.54 Å². The second kappa shape index (κ2) is 7.38. The third kappa shape index (κ3) is 4.27. The second-order valence-electron chi connectivity index (χ2n) is 4.60. The van der Waals surface area contributed by atoms with Crippen LogP contribution in [0, 0.1) is 0 Å². The zero-order chi connectivity index (χ0) is 15.1. The first-order valence-corrected chi connectivity index (χ1v) is 6.71. The molecule has 0 saturated heterocycles. The molecule has 0 fully saturated rings. The van der Waals surface area contributed by atoms with Crippen LogP contribution in [0.25, 0.3) is 0 Å². The van der Waals surface area contributed by atoms with E-state index in [1.807, 2.05) is 18.2 Å². The third-order valence-corrected chi connectivity index (χ3v) is 3.13. The SMILES string of the molecule is COc1ccc(CC(=O)NCCc2ccoc2)cc1OC. The van der Waals surface area contributed by atoms with Crippen LogP contribution in [-0.2, 0) is 17.6 Å². The number of amides is 1. The largest absolute Gasteiger partial charge is 0.493 e. The molecule has 112 valence electrons. The van der Waals surface area contributed by atoms with Crippen molar-refractivity contribution < 1.29 is 18.7 Å². The number of methoxy groups -OCH3 is 2. The molecule has 5 heteroatoms. The van der Waals surface area contributed by atoms with Crippen molar-refractivity contribution in [2.75, 3.05) is 20.8 Å². The van der Waals surface area contributed by atoms with Gasteiger partial charge in [0.05, 0.1) is 33.2 Å². The summed E-state index contributed by atoms with van der Waals surface area (Å²) in [5.74, 6) is 1.26. The molecule has 0 spiro atoms. The Morgan fingerprint density at radius 1 is 1.14 bits per heavy atom. The van der Waals surface area contributed by atoms with Gasteiger partial charge in [0.2, 0.25) is 5.91 Å². The predicted octanol–water partition coefficient (Wildman–Crippen LogP) is 2.20. The summed E-state index contributed by atoms with van der Waals surface area (Å²) in [5, 5.41) is 2.88. The highest BCUT2D eigenvalue weighted by Gasteiger charge is 2.08. The molecule has 0 bridgehead atoms. The van der Waals surface area contributed by atoms with E-state index in [-0.39, 0.29) is 5.91 Å². The number of nitrogens with one attached hydrogen (secondary N) is 1. The number of carbonyl (C=O) groups is 1. The third-order valence-electron chi connectivity index (χ3n) is 3.13. The first kappa shape index (κ1) is 15.0. The van der Waals surface area contributed by atoms with Crippen molar-refractivity contribution in [1.29, 1.82) is 0 Å². The van der Waals surface area contributed by atoms with Gasteiger partial charge in [0.25, 0.3) is 0 Å². The van der Waals surface area contributed by atoms with Crippen LogP contribution in [0.2, 0.25) is 0 Å². The normalized spacial score (nSPS) is 10.2. The van der Waals surface area contributed by atoms with E-state index in [4.69, 9.17) is 13.9 Å². The van der Waals surface area contributed by atoms with E-state index in [0.29, 0.717) is 24.5 Å². The number of furan rings is 1. The molecule has 0 atom stereocenters. The minimum atomic E-state index is -0.0225. The van der Waals surface area contributed by atoms with Crippen molar-refractivity contribution in [3.63, 3.8) is 0 Å². The highest BCUT2D eigenvalue weighted by Crippen LogP contribution is 2.27. The van der Waals surface area contributed by atoms with E-state index in [2.05, 4.69) is 5.32 Å². The molecule has 1 amide bonds. The van der Waals surface area contributed by atoms with Gasteiger partial charge >= 0.3 is 0 Å². The maximum atomic E-state index is 11.9. The van der Waals surface area contributed by atoms with Crippen molar-refractivity contribution in [3.05, 3.63) is 47.9 Å². The Kier molecular flexibility index (Phi) is 5.26. The van der Waals surface area contributed by atoms with Gasteiger partial charge in [-0.15, -0.1) is 0 Å². The lowest BCUT2D eigenvalue weighted by Crippen LogP contribution is -2.27. The minimum absolute atomic E-state index is 0.0225. The average Bonchev–Trinajstić information content (AvgIpc) is 3.00. The molecule has 0 aliphatic rings. The van der Waals surface area contributed by atoms with Crippen LogP contribution in [0.1, 0.15) is 11.1 Å². The van der Waals surface area contributed by atoms with E-state index in [9.17, 15) is 4.79 Å². The van der Waals surface area contributed by atoms with Crippen LogP contribution in [0.3, 0.4) is 0 Å². The number of hydrogen-bond donors (Lipinski definition) is 1. The molecule has 2 rings (SSSR count). The Labute approximate surface area is 123 Å². The lowest BCUT2D eigenvalue weighted by atomic mass is 10.1. The van der Waals surface area contributed by atoms with Crippen molar-refractivity contribution in [3.8, 4) is 11.5 Å². The van der Waals surface area contributed by atoms with E-state index in [0.717, 1.165) is 17.5 Å². The Balaban J connectivity index is 1.84. The van der Waals surface area contributed by atoms with Crippen LogP contribution >= 0.6 is 0 Å². The molecule has 1 aromatic carbocycles. The number of hydrogen-bond acceptors (Lipinski definition) is 4. The van der Waals surface area contributed by atoms with Crippen LogP contribution in [0.4, 0.5) is 0 Å². The summed E-state index contributed by atoms with van der Waals surface area (Å²) in [6.07, 6.45) is 4.38. The van der Waals surface area contributed by atoms with Gasteiger partial charge in [-0.25, -0.2) is 0 Å². The quantitative estimate of drug-likeness (QED) is 0.849. The predicted molar refractivity (Wildman–Crippen MR) is 78.7 cm³/mol. The highest BCUT2D eigenvalue weighted by molar-refractivity contribution is 5.78. The molecular formula is C16H19NO4. The van der Waals surface area contributed by atoms with E-state index < -0.39 is 0 Å². The number of ether oxygens (including phenoxy) is 2. The molecule has 1 N–H and O–H groups in total. The maximum absolute atomic E-state index is 11.9. The molecule has 0 radical (unpaired) electrons. The number of rotatable bonds is 7. The fraction of sp³-hybridized carbons (Fsp3) is 0.312. The van der Waals surface area contributed by atoms with Crippen molar-refractivity contribution in [2.24, 2.45) is 0 Å². The minimum Gasteiger partial charge on any atom is -0.493 e. The molecule has 0 saturated carbocycles. The first-order valence-electron chi connectivity index (χ1n) is 6.71. The summed E-state index contributed by atoms with van der Waals surface area (Å²) in [6, 6.07) is 7.36. The summed E-state index contributed by atoms with van der Waals surface area (Å²) in [6.45, 7) is 0.589. The van der Waals surface area contributed by atoms with Crippen LogP contribution in [0.15, 0.2) is 41.2 Å². The van der Waals surface area contributed by atoms with Gasteiger partial charge in [-0.1, -0.05) is 6.07 Å². The van der Waals surface area contributed by atoms with Crippen molar-refractivity contribution >= 4 is 5.91 Å². The summed E-state index contributed by atoms with van der Waals surface area (Å²) in [4.78, 5) is 11.9. The van der Waals surface area contributed by atoms with Crippen LogP contribution in [0.5, 0.6) is 11.5 Å². The topological polar surface area (TPSA) is 60.7 Å². The Morgan fingerprint density at radius 3 is 2.62 bits per heavy atom. The molecular weight excluding hydrogens is 270 g/mol. The molecule has 21 heavy (non-hydrogen) atoms. The second-order valence-corrected chi connectivity index (χ2v) is 4.60. The van der Waals surface area contributed by atoms with Gasteiger partial charge in [-0.2, -0.15) is 0 Å². The summed E-state index contributed by atoms with van der Waals surface area (Å²) >= 11 is 0. The molecule has 0 aliphatic heterocycles. The molecule has 5 nitrogen and oxygen atoms in total. The van der Waals surface area contributed by atoms with Gasteiger partial charge in [-0.05, 0) is 35.7 Å². The zero-order valence-corrected chi connectivity index (χ0v) is 12.2. The molecule has 1 aromatic heterocycles. The molecule has 0 aliphatic carbocycles. The number of carbonyl (C=O) groups excluding carboxylic acids is 1. The van der Waals surface area contributed by atoms with Crippen molar-refractivity contribution in [1.82, 2.24) is 5.32 Å². The summed E-state index contributed by atoms with van der Waals surface area (Å²) in [7, 11) is 3.16. The van der Waals surface area contributed by atoms with Gasteiger partial charge < -0.3 is 19.2 Å². The van der Waals surface area contributed by atoms with E-state index >= 15 is 0 Å². The Bertz CT molecular complexity index is 578. The van der Waals surface area contributed by atoms with E-state index in [1.54, 1.807) is 32.8 Å². The van der Waals surface area contributed by atoms with Crippen molar-refractivity contribution in [2.45, 2.75) is 12.8 Å². The molecule has 1 heterocycles. The lowest BCUT2D eigenvalue weighted by Gasteiger charge is -2.09. The first-order chi connectivity index (χ1) is 10.2. The Hall–Kier alpha value is -2.43. The molecule has 2 aromatic rings. The smallest absolute Gasteiger partial charge is 0.224 e. The van der Waals surface area contributed by atoms with Crippen LogP contribution in [-0.4, -0.2) is 26.7 Å². The summed E-state index contributed by atoms with van der Waals surface area (Å²) in [5.41, 5.74) is 1.95. The Morgan fingerprint density at radius 2 is 1.95 bits per heavy atom. The monoisotopic (exact) mass is 289 g/mol. The van der Waals surface area contributed by atoms with Gasteiger partial charge in [0.15, 0.2) is 11.5 Å². The zero-order valence-electron chi connectivity index (χ0n) is 12.2. The molecule has 0 unspecified atom stereocenters. The summed E-state index contributed by atoms with van der Waals surface area (Å²) < 4.78 is 15.4. The van der Waals surface area contributed by atoms with E-state index in [1.165, 1.54) is 0 Å². The fourth-order valence-corrected chi connectivity index (χ4v) is 2.02. The maximum Gasteiger partial charge on any atom is 0.224 e. The van der Waals surface area contributed by atoms with Crippen LogP contribution < -0.4 is 14.8 Å². The van der Waals surface area contributed by atoms with Gasteiger partial charge in [-0.3, -0.25) is 4.79 Å². The highest BCUT2D eigenvalue weighted by atomic mass is 16.5. The lowest BCUT2D eigenvalue weighted by molar-refractivity contribution is -0.120. The fourth-order valence-electron chi connectivity index (χ4n) is 2.02. The standard InChI is InChI=1S/C16H19NO4/c1-19-14-4-3-13(9-15(14)20-2)10-16(18)17-7-5-12-6-8-21-11-12/h3-4,6,8-9,11H,5,7,10H2,1-2H3,(H,17,18). The van der Waals surface area contributed by atoms with Gasteiger partial charge in [0.1, 0.15) is 0 Å². The average molecular weight is 289 g/mol. The number of benzene rings is 1.